The second kappa shape index (κ2) is 7.79. The highest BCUT2D eigenvalue weighted by Gasteiger charge is 2.35. The molecule has 0 aliphatic heterocycles. The zero-order chi connectivity index (χ0) is 16.7. The third-order valence-corrected chi connectivity index (χ3v) is 3.90. The average Bonchev–Trinajstić information content (AvgIpc) is 2.59. The van der Waals surface area contributed by atoms with Crippen molar-refractivity contribution in [2.24, 2.45) is 5.73 Å². The lowest BCUT2D eigenvalue weighted by atomic mass is 9.86. The van der Waals surface area contributed by atoms with Crippen molar-refractivity contribution in [3.8, 4) is 5.75 Å². The molecule has 0 saturated heterocycles. The molecule has 1 unspecified atom stereocenters. The van der Waals surface area contributed by atoms with E-state index in [9.17, 15) is 9.90 Å². The van der Waals surface area contributed by atoms with E-state index in [0.717, 1.165) is 18.4 Å². The van der Waals surface area contributed by atoms with Gasteiger partial charge in [-0.25, -0.2) is 4.79 Å². The fourth-order valence-electron chi connectivity index (χ4n) is 2.43. The summed E-state index contributed by atoms with van der Waals surface area (Å²) in [5.74, 6) is -0.384. The Balaban J connectivity index is 2.15. The molecule has 0 spiro atoms. The molecule has 2 aromatic carbocycles. The van der Waals surface area contributed by atoms with Crippen molar-refractivity contribution < 1.29 is 14.6 Å². The first-order valence-corrected chi connectivity index (χ1v) is 7.86. The van der Waals surface area contributed by atoms with Crippen molar-refractivity contribution in [2.45, 2.75) is 38.3 Å². The number of unbranched alkanes of at least 4 members (excludes halogenated alkanes) is 1. The topological polar surface area (TPSA) is 72.6 Å². The maximum Gasteiger partial charge on any atom is 0.328 e. The third-order valence-electron chi connectivity index (χ3n) is 3.90. The molecule has 0 aliphatic carbocycles. The van der Waals surface area contributed by atoms with E-state index in [1.165, 1.54) is 0 Å². The van der Waals surface area contributed by atoms with E-state index < -0.39 is 11.5 Å². The molecule has 0 aromatic heterocycles. The van der Waals surface area contributed by atoms with Gasteiger partial charge in [0.05, 0.1) is 0 Å². The van der Waals surface area contributed by atoms with Crippen LogP contribution >= 0.6 is 0 Å². The van der Waals surface area contributed by atoms with Crippen LogP contribution < -0.4 is 10.5 Å². The second-order valence-corrected chi connectivity index (χ2v) is 5.68. The average molecular weight is 313 g/mol. The molecule has 0 radical (unpaired) electrons. The second-order valence-electron chi connectivity index (χ2n) is 5.68. The summed E-state index contributed by atoms with van der Waals surface area (Å²) in [6, 6.07) is 16.9. The van der Waals surface area contributed by atoms with Crippen LogP contribution in [0.1, 0.15) is 37.3 Å². The predicted octanol–water partition coefficient (Wildman–Crippen LogP) is 3.69. The summed E-state index contributed by atoms with van der Waals surface area (Å²) in [5.41, 5.74) is 6.43. The normalized spacial score (nSPS) is 13.3. The van der Waals surface area contributed by atoms with Gasteiger partial charge in [0.25, 0.3) is 0 Å². The highest BCUT2D eigenvalue weighted by atomic mass is 16.5. The SMILES string of the molecule is CCCCC(N)(C(=O)O)c1cccc(OCc2ccccc2)c1. The van der Waals surface area contributed by atoms with Crippen LogP contribution in [0.15, 0.2) is 54.6 Å². The van der Waals surface area contributed by atoms with Gasteiger partial charge in [-0.1, -0.05) is 62.2 Å². The minimum absolute atomic E-state index is 0.404. The first-order chi connectivity index (χ1) is 11.1. The first-order valence-electron chi connectivity index (χ1n) is 7.86. The minimum atomic E-state index is -1.37. The molecule has 0 amide bonds. The van der Waals surface area contributed by atoms with E-state index >= 15 is 0 Å². The largest absolute Gasteiger partial charge is 0.489 e. The molecule has 4 heteroatoms. The molecule has 0 aliphatic rings. The molecule has 0 heterocycles. The number of carboxylic acids is 1. The number of ether oxygens (including phenoxy) is 1. The van der Waals surface area contributed by atoms with Gasteiger partial charge >= 0.3 is 5.97 Å². The van der Waals surface area contributed by atoms with E-state index in [1.54, 1.807) is 18.2 Å². The molecule has 4 nitrogen and oxygen atoms in total. The Bertz CT molecular complexity index is 642. The van der Waals surface area contributed by atoms with Crippen LogP contribution in [0.5, 0.6) is 5.75 Å². The van der Waals surface area contributed by atoms with E-state index in [0.29, 0.717) is 24.3 Å². The molecule has 3 N–H and O–H groups in total. The molecular formula is C19H23NO3. The summed E-state index contributed by atoms with van der Waals surface area (Å²) >= 11 is 0. The van der Waals surface area contributed by atoms with Crippen LogP contribution in [0.25, 0.3) is 0 Å². The van der Waals surface area contributed by atoms with Crippen LogP contribution in [-0.2, 0) is 16.9 Å². The quantitative estimate of drug-likeness (QED) is 0.779. The zero-order valence-electron chi connectivity index (χ0n) is 13.4. The lowest BCUT2D eigenvalue weighted by Crippen LogP contribution is -2.44. The Kier molecular flexibility index (Phi) is 5.77. The molecular weight excluding hydrogens is 290 g/mol. The summed E-state index contributed by atoms with van der Waals surface area (Å²) in [5, 5.41) is 9.55. The molecule has 0 fully saturated rings. The number of hydrogen-bond acceptors (Lipinski definition) is 3. The van der Waals surface area contributed by atoms with Crippen molar-refractivity contribution >= 4 is 5.97 Å². The van der Waals surface area contributed by atoms with E-state index in [-0.39, 0.29) is 0 Å². The third kappa shape index (κ3) is 4.33. The van der Waals surface area contributed by atoms with Crippen LogP contribution in [0.4, 0.5) is 0 Å². The summed E-state index contributed by atoms with van der Waals surface area (Å²) in [6.45, 7) is 2.45. The summed E-state index contributed by atoms with van der Waals surface area (Å²) in [4.78, 5) is 11.7. The zero-order valence-corrected chi connectivity index (χ0v) is 13.4. The fraction of sp³-hybridized carbons (Fsp3) is 0.316. The monoisotopic (exact) mass is 313 g/mol. The van der Waals surface area contributed by atoms with Gasteiger partial charge in [-0.2, -0.15) is 0 Å². The van der Waals surface area contributed by atoms with Gasteiger partial charge in [-0.05, 0) is 29.7 Å². The van der Waals surface area contributed by atoms with Crippen LogP contribution in [0, 0.1) is 0 Å². The van der Waals surface area contributed by atoms with Gasteiger partial charge in [0.2, 0.25) is 0 Å². The van der Waals surface area contributed by atoms with Crippen molar-refractivity contribution in [2.75, 3.05) is 0 Å². The lowest BCUT2D eigenvalue weighted by Gasteiger charge is -2.25. The molecule has 122 valence electrons. The fourth-order valence-corrected chi connectivity index (χ4v) is 2.43. The Morgan fingerprint density at radius 3 is 2.57 bits per heavy atom. The van der Waals surface area contributed by atoms with E-state index in [1.807, 2.05) is 43.3 Å². The molecule has 23 heavy (non-hydrogen) atoms. The summed E-state index contributed by atoms with van der Waals surface area (Å²) in [7, 11) is 0. The number of hydrogen-bond donors (Lipinski definition) is 2. The molecule has 0 saturated carbocycles. The molecule has 2 rings (SSSR count). The van der Waals surface area contributed by atoms with Crippen molar-refractivity contribution in [1.29, 1.82) is 0 Å². The summed E-state index contributed by atoms with van der Waals surface area (Å²) < 4.78 is 5.76. The van der Waals surface area contributed by atoms with Gasteiger partial charge < -0.3 is 15.6 Å². The van der Waals surface area contributed by atoms with Crippen molar-refractivity contribution in [3.05, 3.63) is 65.7 Å². The van der Waals surface area contributed by atoms with Crippen molar-refractivity contribution in [3.63, 3.8) is 0 Å². The Morgan fingerprint density at radius 1 is 1.17 bits per heavy atom. The highest BCUT2D eigenvalue weighted by molar-refractivity contribution is 5.80. The van der Waals surface area contributed by atoms with Gasteiger partial charge in [-0.15, -0.1) is 0 Å². The molecule has 2 aromatic rings. The minimum Gasteiger partial charge on any atom is -0.489 e. The van der Waals surface area contributed by atoms with Crippen LogP contribution in [-0.4, -0.2) is 11.1 Å². The highest BCUT2D eigenvalue weighted by Crippen LogP contribution is 2.28. The Labute approximate surface area is 136 Å². The Hall–Kier alpha value is -2.33. The standard InChI is InChI=1S/C19H23NO3/c1-2-3-12-19(20,18(21)22)16-10-7-11-17(13-16)23-14-15-8-5-4-6-9-15/h4-11,13H,2-3,12,14,20H2,1H3,(H,21,22). The van der Waals surface area contributed by atoms with Gasteiger partial charge in [0.1, 0.15) is 17.9 Å². The summed E-state index contributed by atoms with van der Waals surface area (Å²) in [6.07, 6.45) is 2.06. The van der Waals surface area contributed by atoms with Gasteiger partial charge in [-0.3, -0.25) is 0 Å². The number of benzene rings is 2. The van der Waals surface area contributed by atoms with Gasteiger partial charge in [0.15, 0.2) is 0 Å². The van der Waals surface area contributed by atoms with Crippen LogP contribution in [0.2, 0.25) is 0 Å². The number of carboxylic acid groups (broad SMARTS) is 1. The van der Waals surface area contributed by atoms with Gasteiger partial charge in [0, 0.05) is 0 Å². The van der Waals surface area contributed by atoms with E-state index in [2.05, 4.69) is 0 Å². The number of rotatable bonds is 8. The lowest BCUT2D eigenvalue weighted by molar-refractivity contribution is -0.144. The van der Waals surface area contributed by atoms with E-state index in [4.69, 9.17) is 10.5 Å². The van der Waals surface area contributed by atoms with Crippen molar-refractivity contribution in [1.82, 2.24) is 0 Å². The number of carbonyl (C=O) groups is 1. The molecule has 1 atom stereocenters. The maximum atomic E-state index is 11.7. The predicted molar refractivity (Wildman–Crippen MR) is 90.2 cm³/mol. The Morgan fingerprint density at radius 2 is 1.91 bits per heavy atom. The smallest absolute Gasteiger partial charge is 0.328 e. The number of aliphatic carboxylic acids is 1. The molecule has 0 bridgehead atoms. The maximum absolute atomic E-state index is 11.7. The first kappa shape index (κ1) is 17.0. The number of nitrogens with two attached hydrogens (primary N) is 1. The van der Waals surface area contributed by atoms with Crippen LogP contribution in [0.3, 0.4) is 0 Å².